The van der Waals surface area contributed by atoms with Crippen LogP contribution in [-0.4, -0.2) is 35.0 Å². The fourth-order valence-corrected chi connectivity index (χ4v) is 3.49. The quantitative estimate of drug-likeness (QED) is 0.716. The number of carbonyl (C=O) groups excluding carboxylic acids is 1. The first-order valence-electron chi connectivity index (χ1n) is 7.43. The maximum Gasteiger partial charge on any atom is 0.238 e. The summed E-state index contributed by atoms with van der Waals surface area (Å²) >= 11 is 3.56. The molecule has 128 valence electrons. The van der Waals surface area contributed by atoms with E-state index in [0.717, 1.165) is 41.5 Å². The van der Waals surface area contributed by atoms with Gasteiger partial charge in [-0.05, 0) is 28.8 Å². The van der Waals surface area contributed by atoms with Gasteiger partial charge in [0, 0.05) is 31.5 Å². The van der Waals surface area contributed by atoms with Crippen molar-refractivity contribution < 1.29 is 4.79 Å². The molecular formula is C15H18BrClN6O. The third-order valence-corrected chi connectivity index (χ3v) is 4.50. The van der Waals surface area contributed by atoms with Gasteiger partial charge in [0.15, 0.2) is 0 Å². The van der Waals surface area contributed by atoms with Crippen LogP contribution in [0.5, 0.6) is 0 Å². The van der Waals surface area contributed by atoms with Crippen LogP contribution in [0.25, 0.3) is 11.0 Å². The minimum absolute atomic E-state index is 0. The Balaban J connectivity index is 0.00000208. The van der Waals surface area contributed by atoms with Crippen LogP contribution in [0.3, 0.4) is 0 Å². The number of H-pyrrole nitrogens is 1. The van der Waals surface area contributed by atoms with Crippen LogP contribution in [0.1, 0.15) is 19.3 Å². The number of aromatic amines is 1. The summed E-state index contributed by atoms with van der Waals surface area (Å²) in [6.45, 7) is 1.66. The van der Waals surface area contributed by atoms with Crippen molar-refractivity contribution in [2.45, 2.75) is 25.3 Å². The number of anilines is 2. The summed E-state index contributed by atoms with van der Waals surface area (Å²) in [6, 6.07) is 1.98. The van der Waals surface area contributed by atoms with Crippen molar-refractivity contribution in [2.75, 3.05) is 23.3 Å². The average molecular weight is 414 g/mol. The second-order valence-electron chi connectivity index (χ2n) is 5.61. The molecule has 24 heavy (non-hydrogen) atoms. The molecule has 9 heteroatoms. The lowest BCUT2D eigenvalue weighted by Crippen LogP contribution is -2.43. The molecule has 3 rings (SSSR count). The zero-order valence-corrected chi connectivity index (χ0v) is 15.3. The standard InChI is InChI=1S/C15H17BrN6O.ClH/c16-10-6-19-15-13(11(7-20-15)21-12(23)3-4-17)14(10)22-5-1-2-9(18)8-22;/h6-7,9H,1-3,5,8,18H2,(H,19,20)(H,21,23);1H. The van der Waals surface area contributed by atoms with Crippen molar-refractivity contribution in [3.8, 4) is 6.07 Å². The van der Waals surface area contributed by atoms with Crippen LogP contribution in [-0.2, 0) is 4.79 Å². The van der Waals surface area contributed by atoms with E-state index >= 15 is 0 Å². The third kappa shape index (κ3) is 3.64. The molecular weight excluding hydrogens is 396 g/mol. The number of aromatic nitrogens is 2. The van der Waals surface area contributed by atoms with Gasteiger partial charge in [0.25, 0.3) is 0 Å². The van der Waals surface area contributed by atoms with E-state index in [0.29, 0.717) is 11.3 Å². The second-order valence-corrected chi connectivity index (χ2v) is 6.47. The van der Waals surface area contributed by atoms with Gasteiger partial charge in [-0.1, -0.05) is 0 Å². The number of hydrogen-bond acceptors (Lipinski definition) is 5. The highest BCUT2D eigenvalue weighted by Gasteiger charge is 2.23. The number of piperidine rings is 1. The smallest absolute Gasteiger partial charge is 0.238 e. The van der Waals surface area contributed by atoms with Crippen molar-refractivity contribution >= 4 is 56.7 Å². The van der Waals surface area contributed by atoms with E-state index < -0.39 is 0 Å². The van der Waals surface area contributed by atoms with Crippen molar-refractivity contribution in [1.29, 1.82) is 5.26 Å². The second kappa shape index (κ2) is 7.83. The van der Waals surface area contributed by atoms with Crippen LogP contribution in [0, 0.1) is 11.3 Å². The number of hydrogen-bond donors (Lipinski definition) is 3. The van der Waals surface area contributed by atoms with Crippen molar-refractivity contribution in [3.05, 3.63) is 16.9 Å². The molecule has 0 saturated carbocycles. The van der Waals surface area contributed by atoms with Gasteiger partial charge in [-0.15, -0.1) is 12.4 Å². The maximum atomic E-state index is 11.8. The van der Waals surface area contributed by atoms with Crippen LogP contribution >= 0.6 is 28.3 Å². The molecule has 1 saturated heterocycles. The van der Waals surface area contributed by atoms with Gasteiger partial charge in [0.1, 0.15) is 12.1 Å². The zero-order chi connectivity index (χ0) is 16.4. The predicted molar refractivity (Wildman–Crippen MR) is 99.3 cm³/mol. The largest absolute Gasteiger partial charge is 0.368 e. The van der Waals surface area contributed by atoms with Gasteiger partial charge in [-0.3, -0.25) is 4.79 Å². The fraction of sp³-hybridized carbons (Fsp3) is 0.400. The summed E-state index contributed by atoms with van der Waals surface area (Å²) in [5, 5.41) is 12.3. The number of amides is 1. The minimum Gasteiger partial charge on any atom is -0.368 e. The molecule has 0 radical (unpaired) electrons. The Bertz CT molecular complexity index is 786. The molecule has 1 amide bonds. The van der Waals surface area contributed by atoms with E-state index in [1.54, 1.807) is 12.4 Å². The lowest BCUT2D eigenvalue weighted by Gasteiger charge is -2.33. The molecule has 1 aliphatic rings. The van der Waals surface area contributed by atoms with E-state index in [-0.39, 0.29) is 30.8 Å². The highest BCUT2D eigenvalue weighted by atomic mass is 79.9. The van der Waals surface area contributed by atoms with Gasteiger partial charge in [-0.25, -0.2) is 4.98 Å². The zero-order valence-electron chi connectivity index (χ0n) is 12.9. The number of nitrogens with one attached hydrogen (secondary N) is 2. The Morgan fingerprint density at radius 3 is 3.12 bits per heavy atom. The van der Waals surface area contributed by atoms with E-state index in [1.807, 2.05) is 6.07 Å². The summed E-state index contributed by atoms with van der Waals surface area (Å²) in [7, 11) is 0. The normalized spacial score (nSPS) is 17.2. The summed E-state index contributed by atoms with van der Waals surface area (Å²) in [6.07, 6.45) is 5.30. The van der Waals surface area contributed by atoms with E-state index in [1.165, 1.54) is 0 Å². The number of nitrogens with two attached hydrogens (primary N) is 1. The van der Waals surface area contributed by atoms with E-state index in [4.69, 9.17) is 11.0 Å². The fourth-order valence-electron chi connectivity index (χ4n) is 2.94. The molecule has 0 bridgehead atoms. The highest BCUT2D eigenvalue weighted by molar-refractivity contribution is 9.10. The summed E-state index contributed by atoms with van der Waals surface area (Å²) in [5.41, 5.74) is 8.39. The van der Waals surface area contributed by atoms with Crippen LogP contribution in [0.2, 0.25) is 0 Å². The maximum absolute atomic E-state index is 11.8. The molecule has 1 fully saturated rings. The molecule has 0 aromatic carbocycles. The number of rotatable bonds is 3. The van der Waals surface area contributed by atoms with E-state index in [9.17, 15) is 4.79 Å². The number of nitriles is 1. The van der Waals surface area contributed by atoms with Gasteiger partial charge in [0.05, 0.1) is 27.3 Å². The molecule has 0 spiro atoms. The van der Waals surface area contributed by atoms with Gasteiger partial charge >= 0.3 is 0 Å². The molecule has 1 atom stereocenters. The Labute approximate surface area is 154 Å². The number of pyridine rings is 1. The molecule has 4 N–H and O–H groups in total. The molecule has 1 aliphatic heterocycles. The Kier molecular flexibility index (Phi) is 6.04. The molecule has 3 heterocycles. The van der Waals surface area contributed by atoms with Gasteiger partial charge in [-0.2, -0.15) is 5.26 Å². The van der Waals surface area contributed by atoms with Crippen molar-refractivity contribution in [2.24, 2.45) is 5.73 Å². The average Bonchev–Trinajstić information content (AvgIpc) is 2.90. The lowest BCUT2D eigenvalue weighted by atomic mass is 10.1. The Morgan fingerprint density at radius 2 is 2.42 bits per heavy atom. The van der Waals surface area contributed by atoms with Gasteiger partial charge < -0.3 is 20.9 Å². The lowest BCUT2D eigenvalue weighted by molar-refractivity contribution is -0.115. The summed E-state index contributed by atoms with van der Waals surface area (Å²) < 4.78 is 0.856. The molecule has 1 unspecified atom stereocenters. The van der Waals surface area contributed by atoms with Crippen LogP contribution < -0.4 is 16.0 Å². The first kappa shape index (κ1) is 18.5. The number of carbonyl (C=O) groups is 1. The van der Waals surface area contributed by atoms with Gasteiger partial charge in [0.2, 0.25) is 5.91 Å². The molecule has 2 aromatic heterocycles. The molecule has 0 aliphatic carbocycles. The third-order valence-electron chi connectivity index (χ3n) is 3.92. The minimum atomic E-state index is -0.338. The number of fused-ring (bicyclic) bond motifs is 1. The molecule has 7 nitrogen and oxygen atoms in total. The number of nitrogens with zero attached hydrogens (tertiary/aromatic N) is 3. The first-order valence-corrected chi connectivity index (χ1v) is 8.22. The highest BCUT2D eigenvalue weighted by Crippen LogP contribution is 2.38. The number of halogens is 2. The Morgan fingerprint density at radius 1 is 1.62 bits per heavy atom. The van der Waals surface area contributed by atoms with Crippen LogP contribution in [0.15, 0.2) is 16.9 Å². The van der Waals surface area contributed by atoms with Crippen molar-refractivity contribution in [1.82, 2.24) is 9.97 Å². The Hall–Kier alpha value is -1.82. The van der Waals surface area contributed by atoms with E-state index in [2.05, 4.69) is 36.1 Å². The topological polar surface area (TPSA) is 111 Å². The predicted octanol–water partition coefficient (Wildman–Crippen LogP) is 2.53. The van der Waals surface area contributed by atoms with Crippen molar-refractivity contribution in [3.63, 3.8) is 0 Å². The first-order chi connectivity index (χ1) is 11.1. The SMILES string of the molecule is Cl.N#CCC(=O)Nc1c[nH]c2ncc(Br)c(N3CCCC(N)C3)c12. The monoisotopic (exact) mass is 412 g/mol. The summed E-state index contributed by atoms with van der Waals surface area (Å²) in [5.74, 6) is -0.338. The molecule has 2 aromatic rings. The summed E-state index contributed by atoms with van der Waals surface area (Å²) in [4.78, 5) is 21.4. The van der Waals surface area contributed by atoms with Crippen LogP contribution in [0.4, 0.5) is 11.4 Å².